The third-order valence-corrected chi connectivity index (χ3v) is 13.4. The lowest BCUT2D eigenvalue weighted by molar-refractivity contribution is 0.669. The molecule has 0 spiro atoms. The van der Waals surface area contributed by atoms with Gasteiger partial charge in [0.25, 0.3) is 0 Å². The molecule has 0 aliphatic carbocycles. The second kappa shape index (κ2) is 14.2. The topological polar surface area (TPSA) is 56.7 Å². The highest BCUT2D eigenvalue weighted by Gasteiger charge is 2.20. The van der Waals surface area contributed by atoms with Crippen LogP contribution >= 0.6 is 11.3 Å². The van der Waals surface area contributed by atoms with Crippen LogP contribution in [-0.4, -0.2) is 19.5 Å². The first-order chi connectivity index (χ1) is 31.2. The van der Waals surface area contributed by atoms with Gasteiger partial charge in [0.15, 0.2) is 17.5 Å². The third-order valence-electron chi connectivity index (χ3n) is 12.3. The molecular formula is C57H34N4OS. The van der Waals surface area contributed by atoms with Gasteiger partial charge in [-0.1, -0.05) is 158 Å². The minimum Gasteiger partial charge on any atom is -0.456 e. The highest BCUT2D eigenvalue weighted by molar-refractivity contribution is 7.26. The van der Waals surface area contributed by atoms with Crippen LogP contribution in [0.25, 0.3) is 126 Å². The summed E-state index contributed by atoms with van der Waals surface area (Å²) in [4.78, 5) is 15.4. The molecule has 6 heteroatoms. The smallest absolute Gasteiger partial charge is 0.164 e. The van der Waals surface area contributed by atoms with Gasteiger partial charge >= 0.3 is 0 Å². The molecule has 294 valence electrons. The zero-order valence-corrected chi connectivity index (χ0v) is 34.6. The Morgan fingerprint density at radius 1 is 0.349 bits per heavy atom. The van der Waals surface area contributed by atoms with Crippen molar-refractivity contribution >= 4 is 75.3 Å². The first kappa shape index (κ1) is 35.6. The van der Waals surface area contributed by atoms with Crippen LogP contribution in [-0.2, 0) is 0 Å². The van der Waals surface area contributed by atoms with Crippen LogP contribution in [0.15, 0.2) is 211 Å². The molecule has 0 aliphatic rings. The maximum absolute atomic E-state index is 6.67. The normalized spacial score (nSPS) is 11.8. The van der Waals surface area contributed by atoms with Crippen molar-refractivity contribution in [1.29, 1.82) is 0 Å². The van der Waals surface area contributed by atoms with Crippen LogP contribution in [0.1, 0.15) is 0 Å². The molecule has 13 aromatic rings. The molecule has 4 heterocycles. The average molecular weight is 823 g/mol. The number of benzene rings is 9. The Morgan fingerprint density at radius 3 is 1.62 bits per heavy atom. The van der Waals surface area contributed by atoms with Gasteiger partial charge in [-0.15, -0.1) is 11.3 Å². The molecule has 0 saturated carbocycles. The van der Waals surface area contributed by atoms with Crippen molar-refractivity contribution < 1.29 is 4.42 Å². The molecule has 0 amide bonds. The van der Waals surface area contributed by atoms with E-state index in [1.165, 1.54) is 53.2 Å². The second-order valence-electron chi connectivity index (χ2n) is 15.9. The molecule has 0 N–H and O–H groups in total. The second-order valence-corrected chi connectivity index (χ2v) is 17.0. The highest BCUT2D eigenvalue weighted by atomic mass is 32.1. The number of furan rings is 1. The summed E-state index contributed by atoms with van der Waals surface area (Å²) in [5, 5.41) is 7.02. The van der Waals surface area contributed by atoms with E-state index in [0.29, 0.717) is 17.5 Å². The molecule has 0 fully saturated rings. The summed E-state index contributed by atoms with van der Waals surface area (Å²) < 4.78 is 11.5. The number of nitrogens with zero attached hydrogens (tertiary/aromatic N) is 4. The van der Waals surface area contributed by atoms with Crippen molar-refractivity contribution in [1.82, 2.24) is 19.5 Å². The summed E-state index contributed by atoms with van der Waals surface area (Å²) in [5.41, 5.74) is 12.6. The van der Waals surface area contributed by atoms with Gasteiger partial charge in [0.2, 0.25) is 0 Å². The molecule has 63 heavy (non-hydrogen) atoms. The molecule has 0 bridgehead atoms. The van der Waals surface area contributed by atoms with Crippen LogP contribution in [0.2, 0.25) is 0 Å². The van der Waals surface area contributed by atoms with Crippen molar-refractivity contribution in [3.8, 4) is 62.1 Å². The van der Waals surface area contributed by atoms with Gasteiger partial charge in [-0.25, -0.2) is 15.0 Å². The van der Waals surface area contributed by atoms with E-state index in [0.717, 1.165) is 55.3 Å². The van der Waals surface area contributed by atoms with Gasteiger partial charge in [0.1, 0.15) is 11.2 Å². The fraction of sp³-hybridized carbons (Fsp3) is 0. The van der Waals surface area contributed by atoms with Crippen LogP contribution in [0, 0.1) is 0 Å². The van der Waals surface area contributed by atoms with E-state index < -0.39 is 0 Å². The van der Waals surface area contributed by atoms with Crippen LogP contribution < -0.4 is 0 Å². The number of aromatic nitrogens is 4. The molecule has 13 rings (SSSR count). The van der Waals surface area contributed by atoms with E-state index in [-0.39, 0.29) is 0 Å². The van der Waals surface area contributed by atoms with Crippen LogP contribution in [0.4, 0.5) is 0 Å². The van der Waals surface area contributed by atoms with E-state index in [1.807, 2.05) is 30.3 Å². The minimum absolute atomic E-state index is 0.585. The summed E-state index contributed by atoms with van der Waals surface area (Å²) >= 11 is 1.80. The zero-order chi connectivity index (χ0) is 41.4. The van der Waals surface area contributed by atoms with Gasteiger partial charge in [-0.2, -0.15) is 0 Å². The largest absolute Gasteiger partial charge is 0.456 e. The molecular weight excluding hydrogens is 789 g/mol. The standard InChI is InChI=1S/C57H34N4OS/c1-3-13-35(14-4-1)36-25-27-37(28-26-36)41-19-11-24-51-53(41)45-32-30-40(34-52(45)63-51)57-59-55(38-15-5-2-6-16-38)58-56(60-57)39-29-31-44-50(33-39)62-49-23-12-22-48(54(44)49)61-46-20-9-7-17-42(46)43-18-8-10-21-47(43)61/h1-34H. The minimum atomic E-state index is 0.585. The molecule has 0 saturated heterocycles. The fourth-order valence-electron chi connectivity index (χ4n) is 9.34. The van der Waals surface area contributed by atoms with Crippen molar-refractivity contribution in [2.24, 2.45) is 0 Å². The van der Waals surface area contributed by atoms with Gasteiger partial charge in [-0.3, -0.25) is 0 Å². The van der Waals surface area contributed by atoms with Crippen LogP contribution in [0.5, 0.6) is 0 Å². The fourth-order valence-corrected chi connectivity index (χ4v) is 10.5. The van der Waals surface area contributed by atoms with Gasteiger partial charge in [-0.05, 0) is 70.8 Å². The number of rotatable bonds is 6. The van der Waals surface area contributed by atoms with E-state index >= 15 is 0 Å². The predicted octanol–water partition coefficient (Wildman–Crippen LogP) is 15.6. The SMILES string of the molecule is c1ccc(-c2ccc(-c3cccc4sc5cc(-c6nc(-c7ccccc7)nc(-c7ccc8c(c7)oc7cccc(-n9c%10ccccc%10c%10ccccc%109)c78)n6)ccc5c34)cc2)cc1. The number of thiophene rings is 1. The monoisotopic (exact) mass is 822 g/mol. The Morgan fingerprint density at radius 2 is 0.905 bits per heavy atom. The highest BCUT2D eigenvalue weighted by Crippen LogP contribution is 2.43. The first-order valence-corrected chi connectivity index (χ1v) is 21.9. The third kappa shape index (κ3) is 5.80. The van der Waals surface area contributed by atoms with E-state index in [2.05, 4.69) is 180 Å². The summed E-state index contributed by atoms with van der Waals surface area (Å²) in [6.45, 7) is 0. The van der Waals surface area contributed by atoms with Crippen molar-refractivity contribution in [2.45, 2.75) is 0 Å². The zero-order valence-electron chi connectivity index (χ0n) is 33.7. The molecule has 4 aromatic heterocycles. The number of hydrogen-bond donors (Lipinski definition) is 0. The molecule has 0 atom stereocenters. The van der Waals surface area contributed by atoms with E-state index in [4.69, 9.17) is 19.4 Å². The van der Waals surface area contributed by atoms with Gasteiger partial charge in [0, 0.05) is 53.0 Å². The Kier molecular flexibility index (Phi) is 8.01. The summed E-state index contributed by atoms with van der Waals surface area (Å²) in [6.07, 6.45) is 0. The summed E-state index contributed by atoms with van der Waals surface area (Å²) in [6, 6.07) is 72.6. The summed E-state index contributed by atoms with van der Waals surface area (Å²) in [7, 11) is 0. The first-order valence-electron chi connectivity index (χ1n) is 21.1. The van der Waals surface area contributed by atoms with E-state index in [1.54, 1.807) is 11.3 Å². The maximum atomic E-state index is 6.67. The van der Waals surface area contributed by atoms with Crippen molar-refractivity contribution in [2.75, 3.05) is 0 Å². The number of para-hydroxylation sites is 2. The molecule has 9 aromatic carbocycles. The molecule has 0 unspecified atom stereocenters. The molecule has 0 radical (unpaired) electrons. The lowest BCUT2D eigenvalue weighted by Crippen LogP contribution is -2.00. The Bertz CT molecular complexity index is 3850. The van der Waals surface area contributed by atoms with E-state index in [9.17, 15) is 0 Å². The Balaban J connectivity index is 0.928. The Labute approximate surface area is 365 Å². The number of hydrogen-bond acceptors (Lipinski definition) is 5. The van der Waals surface area contributed by atoms with Crippen molar-refractivity contribution in [3.05, 3.63) is 206 Å². The average Bonchev–Trinajstić information content (AvgIpc) is 4.04. The van der Waals surface area contributed by atoms with Gasteiger partial charge in [0.05, 0.1) is 22.1 Å². The lowest BCUT2D eigenvalue weighted by atomic mass is 9.97. The molecule has 0 aliphatic heterocycles. The quantitative estimate of drug-likeness (QED) is 0.168. The van der Waals surface area contributed by atoms with Crippen LogP contribution in [0.3, 0.4) is 0 Å². The van der Waals surface area contributed by atoms with Crippen molar-refractivity contribution in [3.63, 3.8) is 0 Å². The number of fused-ring (bicyclic) bond motifs is 9. The Hall–Kier alpha value is -8.19. The predicted molar refractivity (Wildman–Crippen MR) is 262 cm³/mol. The summed E-state index contributed by atoms with van der Waals surface area (Å²) in [5.74, 6) is 1.82. The lowest BCUT2D eigenvalue weighted by Gasteiger charge is -2.10. The molecule has 5 nitrogen and oxygen atoms in total. The van der Waals surface area contributed by atoms with Gasteiger partial charge < -0.3 is 8.98 Å². The maximum Gasteiger partial charge on any atom is 0.164 e.